The molecule has 1 saturated heterocycles. The molecule has 1 N–H and O–H groups in total. The molecule has 0 spiro atoms. The summed E-state index contributed by atoms with van der Waals surface area (Å²) in [7, 11) is 0. The van der Waals surface area contributed by atoms with Gasteiger partial charge in [-0.3, -0.25) is 4.90 Å². The first kappa shape index (κ1) is 15.7. The van der Waals surface area contributed by atoms with Gasteiger partial charge in [-0.2, -0.15) is 0 Å². The van der Waals surface area contributed by atoms with Crippen LogP contribution in [0.15, 0.2) is 18.2 Å². The molecule has 1 aliphatic heterocycles. The summed E-state index contributed by atoms with van der Waals surface area (Å²) in [4.78, 5) is 2.24. The average molecular weight is 301 g/mol. The van der Waals surface area contributed by atoms with Crippen molar-refractivity contribution in [2.45, 2.75) is 32.5 Å². The molecule has 5 heteroatoms. The molecular formula is C15H22ClFN2O. The van der Waals surface area contributed by atoms with E-state index in [-0.39, 0.29) is 11.9 Å². The third-order valence-corrected chi connectivity index (χ3v) is 3.89. The van der Waals surface area contributed by atoms with Gasteiger partial charge < -0.3 is 10.1 Å². The highest BCUT2D eigenvalue weighted by molar-refractivity contribution is 6.31. The number of hydrogen-bond donors (Lipinski definition) is 1. The minimum absolute atomic E-state index is 0.237. The number of nitrogens with zero attached hydrogens (tertiary/aromatic N) is 1. The summed E-state index contributed by atoms with van der Waals surface area (Å²) in [5.74, 6) is -0.237. The lowest BCUT2D eigenvalue weighted by molar-refractivity contribution is -0.0118. The Bertz CT molecular complexity index is 422. The van der Waals surface area contributed by atoms with Crippen LogP contribution in [0.1, 0.15) is 19.4 Å². The van der Waals surface area contributed by atoms with Crippen LogP contribution in [0.3, 0.4) is 0 Å². The molecule has 1 unspecified atom stereocenters. The molecule has 1 atom stereocenters. The Morgan fingerprint density at radius 1 is 1.50 bits per heavy atom. The van der Waals surface area contributed by atoms with Crippen molar-refractivity contribution in [3.05, 3.63) is 34.6 Å². The number of nitrogens with one attached hydrogen (secondary N) is 1. The molecule has 0 bridgehead atoms. The van der Waals surface area contributed by atoms with E-state index in [4.69, 9.17) is 16.3 Å². The van der Waals surface area contributed by atoms with Crippen molar-refractivity contribution in [1.82, 2.24) is 10.2 Å². The fraction of sp³-hybridized carbons (Fsp3) is 0.600. The smallest absolute Gasteiger partial charge is 0.129 e. The van der Waals surface area contributed by atoms with Crippen LogP contribution in [-0.4, -0.2) is 43.3 Å². The van der Waals surface area contributed by atoms with Crippen LogP contribution in [0.5, 0.6) is 0 Å². The lowest BCUT2D eigenvalue weighted by atomic mass is 10.1. The number of rotatable bonds is 5. The fourth-order valence-corrected chi connectivity index (χ4v) is 2.57. The summed E-state index contributed by atoms with van der Waals surface area (Å²) < 4.78 is 19.4. The van der Waals surface area contributed by atoms with Crippen LogP contribution in [0.25, 0.3) is 0 Å². The maximum Gasteiger partial charge on any atom is 0.129 e. The van der Waals surface area contributed by atoms with Crippen molar-refractivity contribution >= 4 is 11.6 Å². The van der Waals surface area contributed by atoms with Gasteiger partial charge in [-0.25, -0.2) is 4.39 Å². The summed E-state index contributed by atoms with van der Waals surface area (Å²) >= 11 is 6.11. The van der Waals surface area contributed by atoms with E-state index in [2.05, 4.69) is 24.1 Å². The molecule has 2 rings (SSSR count). The quantitative estimate of drug-likeness (QED) is 0.905. The van der Waals surface area contributed by atoms with E-state index < -0.39 is 0 Å². The molecule has 1 aliphatic rings. The Morgan fingerprint density at radius 3 is 3.00 bits per heavy atom. The van der Waals surface area contributed by atoms with Gasteiger partial charge >= 0.3 is 0 Å². The monoisotopic (exact) mass is 300 g/mol. The molecule has 20 heavy (non-hydrogen) atoms. The predicted octanol–water partition coefficient (Wildman–Crippen LogP) is 2.68. The van der Waals surface area contributed by atoms with E-state index in [1.165, 1.54) is 6.07 Å². The standard InChI is InChI=1S/C15H22ClFN2O/c1-11(2)18-8-12-10-20-7-6-19(12)9-13-14(16)4-3-5-15(13)17/h3-5,11-12,18H,6-10H2,1-2H3. The van der Waals surface area contributed by atoms with Crippen molar-refractivity contribution in [3.63, 3.8) is 0 Å². The predicted molar refractivity (Wildman–Crippen MR) is 79.6 cm³/mol. The van der Waals surface area contributed by atoms with E-state index in [0.717, 1.165) is 13.1 Å². The zero-order valence-electron chi connectivity index (χ0n) is 12.0. The molecular weight excluding hydrogens is 279 g/mol. The van der Waals surface area contributed by atoms with Gasteiger partial charge in [-0.15, -0.1) is 0 Å². The van der Waals surface area contributed by atoms with E-state index >= 15 is 0 Å². The van der Waals surface area contributed by atoms with Gasteiger partial charge in [0.2, 0.25) is 0 Å². The second kappa shape index (κ2) is 7.36. The minimum Gasteiger partial charge on any atom is -0.378 e. The SMILES string of the molecule is CC(C)NCC1COCCN1Cc1c(F)cccc1Cl. The average Bonchev–Trinajstić information content (AvgIpc) is 2.42. The fourth-order valence-electron chi connectivity index (χ4n) is 2.34. The van der Waals surface area contributed by atoms with Gasteiger partial charge in [0.05, 0.1) is 13.2 Å². The molecule has 0 radical (unpaired) electrons. The minimum atomic E-state index is -0.237. The molecule has 112 valence electrons. The molecule has 0 aliphatic carbocycles. The van der Waals surface area contributed by atoms with Crippen LogP contribution >= 0.6 is 11.6 Å². The lowest BCUT2D eigenvalue weighted by Gasteiger charge is -2.36. The van der Waals surface area contributed by atoms with Gasteiger partial charge in [0.15, 0.2) is 0 Å². The highest BCUT2D eigenvalue weighted by Gasteiger charge is 2.24. The van der Waals surface area contributed by atoms with Gasteiger partial charge in [-0.05, 0) is 12.1 Å². The second-order valence-electron chi connectivity index (χ2n) is 5.46. The van der Waals surface area contributed by atoms with Gasteiger partial charge in [0.25, 0.3) is 0 Å². The molecule has 3 nitrogen and oxygen atoms in total. The number of halogens is 2. The van der Waals surface area contributed by atoms with Crippen LogP contribution in [0.4, 0.5) is 4.39 Å². The van der Waals surface area contributed by atoms with Crippen LogP contribution in [-0.2, 0) is 11.3 Å². The summed E-state index contributed by atoms with van der Waals surface area (Å²) in [6.45, 7) is 7.75. The topological polar surface area (TPSA) is 24.5 Å². The molecule has 0 amide bonds. The van der Waals surface area contributed by atoms with Crippen molar-refractivity contribution in [1.29, 1.82) is 0 Å². The summed E-state index contributed by atoms with van der Waals surface area (Å²) in [5, 5.41) is 3.90. The number of morpholine rings is 1. The molecule has 1 heterocycles. The normalized spacial score (nSPS) is 20.6. The number of ether oxygens (including phenoxy) is 1. The Hall–Kier alpha value is -0.680. The first-order valence-corrected chi connectivity index (χ1v) is 7.43. The van der Waals surface area contributed by atoms with Gasteiger partial charge in [0.1, 0.15) is 5.82 Å². The Morgan fingerprint density at radius 2 is 2.30 bits per heavy atom. The summed E-state index contributed by atoms with van der Waals surface area (Å²) in [6, 6.07) is 5.51. The second-order valence-corrected chi connectivity index (χ2v) is 5.87. The van der Waals surface area contributed by atoms with E-state index in [1.807, 2.05) is 0 Å². The largest absolute Gasteiger partial charge is 0.378 e. The summed E-state index contributed by atoms with van der Waals surface area (Å²) in [5.41, 5.74) is 0.575. The van der Waals surface area contributed by atoms with Crippen molar-refractivity contribution in [2.75, 3.05) is 26.3 Å². The zero-order chi connectivity index (χ0) is 14.5. The van der Waals surface area contributed by atoms with Crippen LogP contribution < -0.4 is 5.32 Å². The molecule has 0 aromatic heterocycles. The lowest BCUT2D eigenvalue weighted by Crippen LogP contribution is -2.50. The van der Waals surface area contributed by atoms with Crippen molar-refractivity contribution in [2.24, 2.45) is 0 Å². The number of benzene rings is 1. The molecule has 1 fully saturated rings. The van der Waals surface area contributed by atoms with Gasteiger partial charge in [-0.1, -0.05) is 31.5 Å². The van der Waals surface area contributed by atoms with E-state index in [0.29, 0.717) is 36.4 Å². The highest BCUT2D eigenvalue weighted by atomic mass is 35.5. The number of hydrogen-bond acceptors (Lipinski definition) is 3. The highest BCUT2D eigenvalue weighted by Crippen LogP contribution is 2.22. The van der Waals surface area contributed by atoms with E-state index in [1.54, 1.807) is 12.1 Å². The first-order valence-electron chi connectivity index (χ1n) is 7.06. The van der Waals surface area contributed by atoms with Crippen molar-refractivity contribution in [3.8, 4) is 0 Å². The maximum atomic E-state index is 13.9. The maximum absolute atomic E-state index is 13.9. The van der Waals surface area contributed by atoms with Gasteiger partial charge in [0, 0.05) is 42.3 Å². The molecule has 1 aromatic rings. The van der Waals surface area contributed by atoms with Crippen LogP contribution in [0.2, 0.25) is 5.02 Å². The van der Waals surface area contributed by atoms with Crippen LogP contribution in [0, 0.1) is 5.82 Å². The third-order valence-electron chi connectivity index (χ3n) is 3.53. The summed E-state index contributed by atoms with van der Waals surface area (Å²) in [6.07, 6.45) is 0. The first-order chi connectivity index (χ1) is 9.58. The van der Waals surface area contributed by atoms with Crippen molar-refractivity contribution < 1.29 is 9.13 Å². The third kappa shape index (κ3) is 4.16. The zero-order valence-corrected chi connectivity index (χ0v) is 12.8. The van der Waals surface area contributed by atoms with E-state index in [9.17, 15) is 4.39 Å². The Balaban J connectivity index is 2.04. The Kier molecular flexibility index (Phi) is 5.78. The molecule has 1 aromatic carbocycles. The molecule has 0 saturated carbocycles. The Labute approximate surface area is 125 Å².